The first-order valence-electron chi connectivity index (χ1n) is 14.5. The zero-order valence-corrected chi connectivity index (χ0v) is 23.4. The van der Waals surface area contributed by atoms with Crippen molar-refractivity contribution in [1.82, 2.24) is 4.90 Å². The van der Waals surface area contributed by atoms with Crippen molar-refractivity contribution in [2.45, 2.75) is 129 Å². The lowest BCUT2D eigenvalue weighted by atomic mass is 10.1. The first-order valence-corrected chi connectivity index (χ1v) is 14.5. The van der Waals surface area contributed by atoms with Gasteiger partial charge in [-0.1, -0.05) is 95.9 Å². The van der Waals surface area contributed by atoms with Gasteiger partial charge in [-0.15, -0.1) is 0 Å². The molecule has 0 aliphatic carbocycles. The molecule has 0 aliphatic rings. The van der Waals surface area contributed by atoms with E-state index in [1.54, 1.807) is 0 Å². The van der Waals surface area contributed by atoms with Crippen LogP contribution >= 0.6 is 0 Å². The Kier molecular flexibility index (Phi) is 27.3. The fraction of sp³-hybridized carbons (Fsp3) is 0.806. The smallest absolute Gasteiger partial charge is 0.105 e. The molecule has 0 aromatic rings. The molecule has 0 aromatic heterocycles. The third-order valence-corrected chi connectivity index (χ3v) is 6.24. The number of allylic oxidation sites excluding steroid dienone is 5. The molecule has 0 aliphatic heterocycles. The monoisotopic (exact) mass is 477 g/mol. The molecule has 200 valence electrons. The Morgan fingerprint density at radius 3 is 1.76 bits per heavy atom. The van der Waals surface area contributed by atoms with Crippen molar-refractivity contribution in [1.29, 1.82) is 0 Å². The van der Waals surface area contributed by atoms with Crippen LogP contribution in [0.25, 0.3) is 0 Å². The maximum absolute atomic E-state index is 5.94. The Morgan fingerprint density at radius 2 is 1.12 bits per heavy atom. The first kappa shape index (κ1) is 32.9. The number of ether oxygens (including phenoxy) is 2. The Balaban J connectivity index is 3.50. The molecule has 0 N–H and O–H groups in total. The van der Waals surface area contributed by atoms with E-state index in [-0.39, 0.29) is 0 Å². The third-order valence-electron chi connectivity index (χ3n) is 6.24. The van der Waals surface area contributed by atoms with Crippen LogP contribution < -0.4 is 0 Å². The number of unbranched alkanes of at least 4 members (excludes halogenated alkanes) is 13. The topological polar surface area (TPSA) is 21.7 Å². The summed E-state index contributed by atoms with van der Waals surface area (Å²) >= 11 is 0. The van der Waals surface area contributed by atoms with Gasteiger partial charge in [-0.3, -0.25) is 0 Å². The second kappa shape index (κ2) is 28.2. The van der Waals surface area contributed by atoms with Gasteiger partial charge in [0, 0.05) is 6.61 Å². The lowest BCUT2D eigenvalue weighted by molar-refractivity contribution is 0.0453. The van der Waals surface area contributed by atoms with Gasteiger partial charge in [0.25, 0.3) is 0 Å². The fourth-order valence-electron chi connectivity index (χ4n) is 3.75. The van der Waals surface area contributed by atoms with E-state index in [0.29, 0.717) is 12.6 Å². The van der Waals surface area contributed by atoms with Crippen LogP contribution in [-0.4, -0.2) is 44.9 Å². The molecule has 34 heavy (non-hydrogen) atoms. The number of nitrogens with zero attached hydrogens (tertiary/aromatic N) is 1. The van der Waals surface area contributed by atoms with Crippen molar-refractivity contribution in [2.24, 2.45) is 0 Å². The lowest BCUT2D eigenvalue weighted by Gasteiger charge is -2.23. The molecule has 0 saturated carbocycles. The molecule has 0 spiro atoms. The van der Waals surface area contributed by atoms with Crippen molar-refractivity contribution >= 4 is 0 Å². The van der Waals surface area contributed by atoms with Crippen molar-refractivity contribution in [3.05, 3.63) is 36.6 Å². The highest BCUT2D eigenvalue weighted by molar-refractivity contribution is 4.92. The highest BCUT2D eigenvalue weighted by Gasteiger charge is 2.11. The van der Waals surface area contributed by atoms with Crippen LogP contribution in [0.1, 0.15) is 123 Å². The first-order chi connectivity index (χ1) is 16.7. The molecule has 0 radical (unpaired) electrons. The molecule has 0 heterocycles. The molecule has 0 amide bonds. The van der Waals surface area contributed by atoms with Gasteiger partial charge in [0.15, 0.2) is 0 Å². The summed E-state index contributed by atoms with van der Waals surface area (Å²) in [6.07, 6.45) is 35.1. The quantitative estimate of drug-likeness (QED) is 0.0703. The fourth-order valence-corrected chi connectivity index (χ4v) is 3.75. The summed E-state index contributed by atoms with van der Waals surface area (Å²) < 4.78 is 11.7. The van der Waals surface area contributed by atoms with Crippen LogP contribution in [0.15, 0.2) is 36.6 Å². The number of rotatable bonds is 26. The van der Waals surface area contributed by atoms with Crippen LogP contribution in [0.2, 0.25) is 0 Å². The predicted octanol–water partition coefficient (Wildman–Crippen LogP) is 9.25. The maximum Gasteiger partial charge on any atom is 0.105 e. The van der Waals surface area contributed by atoms with E-state index >= 15 is 0 Å². The second-order valence-electron chi connectivity index (χ2n) is 9.83. The molecule has 0 bridgehead atoms. The summed E-state index contributed by atoms with van der Waals surface area (Å²) in [6.45, 7) is 6.82. The Hall–Kier alpha value is -1.06. The van der Waals surface area contributed by atoms with Gasteiger partial charge in [-0.2, -0.15) is 0 Å². The largest absolute Gasteiger partial charge is 0.500 e. The van der Waals surface area contributed by atoms with Crippen molar-refractivity contribution in [2.75, 3.05) is 33.9 Å². The molecule has 0 rings (SSSR count). The molecule has 0 aromatic carbocycles. The summed E-state index contributed by atoms with van der Waals surface area (Å²) in [5.41, 5.74) is 0. The maximum atomic E-state index is 5.94. The van der Waals surface area contributed by atoms with Gasteiger partial charge < -0.3 is 14.4 Å². The van der Waals surface area contributed by atoms with Gasteiger partial charge in [0.2, 0.25) is 0 Å². The van der Waals surface area contributed by atoms with Gasteiger partial charge >= 0.3 is 0 Å². The average molecular weight is 478 g/mol. The van der Waals surface area contributed by atoms with Gasteiger partial charge in [0.1, 0.15) is 6.61 Å². The highest BCUT2D eigenvalue weighted by Crippen LogP contribution is 2.09. The van der Waals surface area contributed by atoms with E-state index in [4.69, 9.17) is 9.47 Å². The van der Waals surface area contributed by atoms with Gasteiger partial charge in [0.05, 0.1) is 18.9 Å². The summed E-state index contributed by atoms with van der Waals surface area (Å²) in [7, 11) is 4.21. The molecule has 1 atom stereocenters. The Bertz CT molecular complexity index is 470. The Morgan fingerprint density at radius 1 is 0.588 bits per heavy atom. The van der Waals surface area contributed by atoms with Crippen LogP contribution in [0, 0.1) is 0 Å². The summed E-state index contributed by atoms with van der Waals surface area (Å²) in [5.74, 6) is 0. The van der Waals surface area contributed by atoms with Crippen molar-refractivity contribution < 1.29 is 9.47 Å². The van der Waals surface area contributed by atoms with E-state index in [2.05, 4.69) is 63.2 Å². The lowest BCUT2D eigenvalue weighted by Crippen LogP contribution is -2.36. The van der Waals surface area contributed by atoms with Crippen molar-refractivity contribution in [3.63, 3.8) is 0 Å². The van der Waals surface area contributed by atoms with Gasteiger partial charge in [-0.25, -0.2) is 0 Å². The van der Waals surface area contributed by atoms with E-state index in [1.807, 2.05) is 6.26 Å². The molecule has 0 unspecified atom stereocenters. The number of hydrogen-bond donors (Lipinski definition) is 0. The minimum absolute atomic E-state index is 0.314. The van der Waals surface area contributed by atoms with E-state index < -0.39 is 0 Å². The van der Waals surface area contributed by atoms with Gasteiger partial charge in [-0.05, 0) is 71.5 Å². The number of likely N-dealkylation sites (N-methyl/N-ethyl adjacent to an activating group) is 1. The second-order valence-corrected chi connectivity index (χ2v) is 9.83. The number of hydrogen-bond acceptors (Lipinski definition) is 3. The third kappa shape index (κ3) is 25.6. The van der Waals surface area contributed by atoms with Crippen molar-refractivity contribution in [3.8, 4) is 0 Å². The molecular weight excluding hydrogens is 418 g/mol. The SMILES string of the molecule is CCCCC/C=C\C/C=C\CCCCCCCCOC[C@@H](COC=CCCCCCC)N(C)C. The normalized spacial score (nSPS) is 13.2. The summed E-state index contributed by atoms with van der Waals surface area (Å²) in [4.78, 5) is 2.20. The molecule has 0 fully saturated rings. The van der Waals surface area contributed by atoms with Crippen LogP contribution in [0.4, 0.5) is 0 Å². The highest BCUT2D eigenvalue weighted by atomic mass is 16.5. The van der Waals surface area contributed by atoms with Crippen LogP contribution in [0.3, 0.4) is 0 Å². The minimum Gasteiger partial charge on any atom is -0.500 e. The molecule has 0 saturated heterocycles. The molecular formula is C31H59NO2. The van der Waals surface area contributed by atoms with E-state index in [1.165, 1.54) is 96.3 Å². The van der Waals surface area contributed by atoms with Crippen LogP contribution in [0.5, 0.6) is 0 Å². The van der Waals surface area contributed by atoms with Crippen LogP contribution in [-0.2, 0) is 9.47 Å². The average Bonchev–Trinajstić information content (AvgIpc) is 2.83. The minimum atomic E-state index is 0.314. The van der Waals surface area contributed by atoms with E-state index in [9.17, 15) is 0 Å². The molecule has 3 nitrogen and oxygen atoms in total. The summed E-state index contributed by atoms with van der Waals surface area (Å²) in [6, 6.07) is 0.314. The Labute approximate surface area is 214 Å². The molecule has 3 heteroatoms. The van der Waals surface area contributed by atoms with E-state index in [0.717, 1.165) is 26.1 Å². The predicted molar refractivity (Wildman–Crippen MR) is 152 cm³/mol. The zero-order valence-electron chi connectivity index (χ0n) is 23.4. The summed E-state index contributed by atoms with van der Waals surface area (Å²) in [5, 5.41) is 0. The standard InChI is InChI=1S/C31H59NO2/c1-5-7-9-11-13-14-15-16-17-18-19-20-21-22-24-26-28-34-30-31(32(3)4)29-33-27-25-23-12-10-8-6-2/h13-14,16-17,25,27,31H,5-12,15,18-24,26,28-30H2,1-4H3/b14-13-,17-16-,27-25?/t31-/m1/s1. The zero-order chi connectivity index (χ0) is 25.0.